The van der Waals surface area contributed by atoms with Crippen LogP contribution in [0.4, 0.5) is 15.8 Å². The number of halogens is 4. The van der Waals surface area contributed by atoms with Crippen LogP contribution in [-0.4, -0.2) is 38.5 Å². The fraction of sp³-hybridized carbons (Fsp3) is 0.231. The lowest BCUT2D eigenvalue weighted by Crippen LogP contribution is -2.60. The quantitative estimate of drug-likeness (QED) is 0.0936. The highest BCUT2D eigenvalue weighted by Crippen LogP contribution is 2.66. The topological polar surface area (TPSA) is 104 Å². The Morgan fingerprint density at radius 1 is 0.824 bits per heavy atom. The van der Waals surface area contributed by atoms with Crippen LogP contribution in [0, 0.1) is 27.1 Å². The molecule has 258 valence electrons. The van der Waals surface area contributed by atoms with Crippen LogP contribution in [0.2, 0.25) is 0 Å². The van der Waals surface area contributed by atoms with E-state index >= 15 is 0 Å². The second-order valence-electron chi connectivity index (χ2n) is 13.2. The Bertz CT molecular complexity index is 2150. The normalized spacial score (nSPS) is 28.4. The Morgan fingerprint density at radius 2 is 1.49 bits per heavy atom. The lowest BCUT2D eigenvalue weighted by Gasteiger charge is -2.50. The first kappa shape index (κ1) is 33.9. The van der Waals surface area contributed by atoms with E-state index in [-0.39, 0.29) is 42.4 Å². The number of ether oxygens (including phenoxy) is 1. The van der Waals surface area contributed by atoms with Crippen LogP contribution in [0.3, 0.4) is 0 Å². The molecule has 4 aromatic carbocycles. The van der Waals surface area contributed by atoms with Gasteiger partial charge in [0.15, 0.2) is 9.75 Å². The number of carbonyl (C=O) groups excluding carboxylic acids is 4. The van der Waals surface area contributed by atoms with Gasteiger partial charge in [0.25, 0.3) is 11.8 Å². The number of amides is 4. The molecule has 2 heterocycles. The molecule has 2 aliphatic carbocycles. The molecule has 8 nitrogen and oxygen atoms in total. The van der Waals surface area contributed by atoms with E-state index in [9.17, 15) is 28.7 Å². The van der Waals surface area contributed by atoms with Crippen LogP contribution in [0.15, 0.2) is 109 Å². The number of aromatic hydroxyl groups is 1. The number of phenolic OH excluding ortho intramolecular Hbond substituents is 1. The monoisotopic (exact) mass is 836 g/mol. The van der Waals surface area contributed by atoms with Gasteiger partial charge in [-0.15, -0.1) is 23.2 Å². The highest BCUT2D eigenvalue weighted by molar-refractivity contribution is 14.1. The van der Waals surface area contributed by atoms with Crippen LogP contribution in [0.25, 0.3) is 0 Å². The van der Waals surface area contributed by atoms with Crippen molar-refractivity contribution in [3.8, 4) is 11.5 Å². The van der Waals surface area contributed by atoms with E-state index in [4.69, 9.17) is 27.9 Å². The molecule has 8 rings (SSSR count). The summed E-state index contributed by atoms with van der Waals surface area (Å²) in [7, 11) is 0. The number of nitrogens with zero attached hydrogens (tertiary/aromatic N) is 2. The first-order valence-electron chi connectivity index (χ1n) is 16.3. The number of fused-ring (bicyclic) bond motifs is 4. The number of alkyl halides is 2. The summed E-state index contributed by atoms with van der Waals surface area (Å²) in [6, 6.07) is 25.9. The third kappa shape index (κ3) is 5.12. The molecule has 1 saturated carbocycles. The van der Waals surface area contributed by atoms with Gasteiger partial charge in [-0.2, -0.15) is 0 Å². The minimum Gasteiger partial charge on any atom is -0.508 e. The molecule has 12 heteroatoms. The van der Waals surface area contributed by atoms with Gasteiger partial charge < -0.3 is 9.84 Å². The molecular formula is C39H28Cl2FIN2O6. The van der Waals surface area contributed by atoms with Gasteiger partial charge in [-0.05, 0) is 102 Å². The average molecular weight is 837 g/mol. The van der Waals surface area contributed by atoms with E-state index in [0.29, 0.717) is 17.0 Å². The average Bonchev–Trinajstić information content (AvgIpc) is 3.46. The standard InChI is InChI=1S/C39H28Cl2FIN2O6/c40-38-19-30-27(16-17-29-32(30)35(48)44(34(29)47)24-12-8-23(43)9-13-24)33(28-15-14-26(18-31(28)46)51-20-21-4-2-1-3-5-21)39(38,41)37(50)45(36(38)49)25-10-6-22(42)7-11-25/h1-16,18,29-30,32-33,46H,17,19-20H2. The minimum absolute atomic E-state index is 0.0697. The van der Waals surface area contributed by atoms with Gasteiger partial charge in [-0.3, -0.25) is 24.1 Å². The second-order valence-corrected chi connectivity index (χ2v) is 15.7. The third-order valence-corrected chi connectivity index (χ3v) is 12.7. The number of rotatable bonds is 6. The molecule has 6 atom stereocenters. The Labute approximate surface area is 315 Å². The lowest BCUT2D eigenvalue weighted by atomic mass is 9.56. The Kier molecular flexibility index (Phi) is 8.27. The molecule has 0 radical (unpaired) electrons. The molecule has 4 amide bonds. The molecular weight excluding hydrogens is 809 g/mol. The Hall–Kier alpha value is -4.26. The summed E-state index contributed by atoms with van der Waals surface area (Å²) in [6.07, 6.45) is 1.74. The first-order valence-corrected chi connectivity index (χ1v) is 18.1. The maximum atomic E-state index is 14.6. The van der Waals surface area contributed by atoms with Crippen molar-refractivity contribution in [2.24, 2.45) is 17.8 Å². The lowest BCUT2D eigenvalue weighted by molar-refractivity contribution is -0.125. The zero-order valence-corrected chi connectivity index (χ0v) is 30.3. The molecule has 2 aliphatic heterocycles. The van der Waals surface area contributed by atoms with Gasteiger partial charge in [0.1, 0.15) is 23.9 Å². The molecule has 0 spiro atoms. The number of benzene rings is 4. The Morgan fingerprint density at radius 3 is 2.18 bits per heavy atom. The van der Waals surface area contributed by atoms with Gasteiger partial charge in [0.2, 0.25) is 11.8 Å². The number of anilines is 2. The molecule has 0 aromatic heterocycles. The van der Waals surface area contributed by atoms with Crippen LogP contribution in [0.1, 0.15) is 29.9 Å². The third-order valence-electron chi connectivity index (χ3n) is 10.5. The van der Waals surface area contributed by atoms with Crippen molar-refractivity contribution in [1.82, 2.24) is 0 Å². The molecule has 1 N–H and O–H groups in total. The van der Waals surface area contributed by atoms with Gasteiger partial charge >= 0.3 is 0 Å². The van der Waals surface area contributed by atoms with Crippen molar-refractivity contribution in [2.45, 2.75) is 35.1 Å². The van der Waals surface area contributed by atoms with Crippen LogP contribution in [-0.2, 0) is 25.8 Å². The van der Waals surface area contributed by atoms with Crippen molar-refractivity contribution >= 4 is 80.8 Å². The van der Waals surface area contributed by atoms with E-state index in [0.717, 1.165) is 26.2 Å². The fourth-order valence-corrected chi connectivity index (χ4v) is 9.47. The Balaban J connectivity index is 1.24. The fourth-order valence-electron chi connectivity index (χ4n) is 8.19. The van der Waals surface area contributed by atoms with Crippen LogP contribution < -0.4 is 14.5 Å². The summed E-state index contributed by atoms with van der Waals surface area (Å²) < 4.78 is 20.8. The number of hydrogen-bond donors (Lipinski definition) is 1. The van der Waals surface area contributed by atoms with E-state index in [1.54, 1.807) is 42.5 Å². The molecule has 4 aliphatic rings. The summed E-state index contributed by atoms with van der Waals surface area (Å²) in [5, 5.41) is 11.6. The van der Waals surface area contributed by atoms with E-state index in [2.05, 4.69) is 22.6 Å². The SMILES string of the molecule is O=C1C2CC=C3C(CC4(Cl)C(=O)N(c5ccc(F)cc5)C(=O)C4(Cl)C3c3ccc(OCc4ccccc4)cc3O)C2C(=O)N1c1ccc(I)cc1. The molecule has 3 fully saturated rings. The molecule has 51 heavy (non-hydrogen) atoms. The van der Waals surface area contributed by atoms with E-state index in [1.807, 2.05) is 30.3 Å². The summed E-state index contributed by atoms with van der Waals surface area (Å²) in [4.78, 5) is 55.0. The van der Waals surface area contributed by atoms with Crippen molar-refractivity contribution in [3.63, 3.8) is 0 Å². The number of phenols is 1. The maximum Gasteiger partial charge on any atom is 0.258 e. The molecule has 4 aromatic rings. The van der Waals surface area contributed by atoms with E-state index in [1.165, 1.54) is 23.1 Å². The van der Waals surface area contributed by atoms with Gasteiger partial charge in [0, 0.05) is 21.1 Å². The van der Waals surface area contributed by atoms with Crippen LogP contribution >= 0.6 is 45.8 Å². The van der Waals surface area contributed by atoms with Gasteiger partial charge in [-0.25, -0.2) is 9.29 Å². The zero-order chi connectivity index (χ0) is 35.8. The molecule has 6 unspecified atom stereocenters. The van der Waals surface area contributed by atoms with Crippen molar-refractivity contribution in [3.05, 3.63) is 129 Å². The highest BCUT2D eigenvalue weighted by Gasteiger charge is 2.77. The number of carbonyl (C=O) groups is 4. The number of hydrogen-bond acceptors (Lipinski definition) is 6. The predicted octanol–water partition coefficient (Wildman–Crippen LogP) is 7.48. The largest absolute Gasteiger partial charge is 0.508 e. The van der Waals surface area contributed by atoms with Gasteiger partial charge in [-0.1, -0.05) is 48.0 Å². The minimum atomic E-state index is -2.18. The number of imide groups is 2. The summed E-state index contributed by atoms with van der Waals surface area (Å²) in [5.74, 6) is -6.61. The van der Waals surface area contributed by atoms with Crippen LogP contribution in [0.5, 0.6) is 11.5 Å². The summed E-state index contributed by atoms with van der Waals surface area (Å²) in [5.41, 5.74) is 2.14. The molecule has 0 bridgehead atoms. The van der Waals surface area contributed by atoms with Gasteiger partial charge in [0.05, 0.1) is 23.2 Å². The smallest absolute Gasteiger partial charge is 0.258 e. The highest BCUT2D eigenvalue weighted by atomic mass is 127. The summed E-state index contributed by atoms with van der Waals surface area (Å²) in [6.45, 7) is 0.233. The first-order chi connectivity index (χ1) is 24.4. The maximum absolute atomic E-state index is 14.6. The van der Waals surface area contributed by atoms with E-state index < -0.39 is 57.0 Å². The number of allylic oxidation sites excluding steroid dienone is 2. The summed E-state index contributed by atoms with van der Waals surface area (Å²) >= 11 is 17.0. The zero-order valence-electron chi connectivity index (χ0n) is 26.6. The van der Waals surface area contributed by atoms with Crippen molar-refractivity contribution in [2.75, 3.05) is 9.80 Å². The molecule has 2 saturated heterocycles. The predicted molar refractivity (Wildman–Crippen MR) is 197 cm³/mol. The second kappa shape index (κ2) is 12.5. The van der Waals surface area contributed by atoms with Crippen molar-refractivity contribution < 1.29 is 33.4 Å². The van der Waals surface area contributed by atoms with Crippen molar-refractivity contribution in [1.29, 1.82) is 0 Å².